The minimum Gasteiger partial charge on any atom is -0.307 e. The fourth-order valence-corrected chi connectivity index (χ4v) is 3.76. The quantitative estimate of drug-likeness (QED) is 0.822. The largest absolute Gasteiger partial charge is 0.307 e. The Morgan fingerprint density at radius 2 is 2.06 bits per heavy atom. The van der Waals surface area contributed by atoms with Crippen LogP contribution >= 0.6 is 0 Å². The SMILES string of the molecule is Cc1ccc2c(c1)C(NC1CCCC(C)C1)CC2. The molecule has 0 aromatic heterocycles. The summed E-state index contributed by atoms with van der Waals surface area (Å²) in [6.45, 7) is 4.61. The van der Waals surface area contributed by atoms with Crippen molar-refractivity contribution in [1.29, 1.82) is 0 Å². The zero-order valence-corrected chi connectivity index (χ0v) is 11.7. The summed E-state index contributed by atoms with van der Waals surface area (Å²) in [6.07, 6.45) is 8.14. The molecule has 1 N–H and O–H groups in total. The maximum Gasteiger partial charge on any atom is 0.0328 e. The molecule has 0 spiro atoms. The van der Waals surface area contributed by atoms with Gasteiger partial charge in [-0.3, -0.25) is 0 Å². The smallest absolute Gasteiger partial charge is 0.0328 e. The van der Waals surface area contributed by atoms with Crippen LogP contribution in [0.2, 0.25) is 0 Å². The lowest BCUT2D eigenvalue weighted by Gasteiger charge is -2.30. The van der Waals surface area contributed by atoms with Crippen LogP contribution in [0, 0.1) is 12.8 Å². The molecule has 1 heteroatoms. The summed E-state index contributed by atoms with van der Waals surface area (Å²) in [5.74, 6) is 0.912. The van der Waals surface area contributed by atoms with Crippen molar-refractivity contribution in [3.8, 4) is 0 Å². The minimum atomic E-state index is 0.621. The second kappa shape index (κ2) is 5.05. The Hall–Kier alpha value is -0.820. The molecule has 2 aliphatic rings. The molecule has 1 aromatic carbocycles. The molecule has 1 saturated carbocycles. The first-order chi connectivity index (χ1) is 8.72. The van der Waals surface area contributed by atoms with Gasteiger partial charge < -0.3 is 5.32 Å². The van der Waals surface area contributed by atoms with Gasteiger partial charge in [0.2, 0.25) is 0 Å². The summed E-state index contributed by atoms with van der Waals surface area (Å²) in [5, 5.41) is 3.93. The van der Waals surface area contributed by atoms with Crippen molar-refractivity contribution in [2.75, 3.05) is 0 Å². The highest BCUT2D eigenvalue weighted by molar-refractivity contribution is 5.37. The molecule has 98 valence electrons. The van der Waals surface area contributed by atoms with Gasteiger partial charge in [0.25, 0.3) is 0 Å². The second-order valence-corrected chi connectivity index (χ2v) is 6.43. The first-order valence-corrected chi connectivity index (χ1v) is 7.58. The molecule has 0 heterocycles. The molecule has 3 atom stereocenters. The molecular formula is C17H25N. The van der Waals surface area contributed by atoms with Crippen LogP contribution in [-0.4, -0.2) is 6.04 Å². The average molecular weight is 243 g/mol. The first-order valence-electron chi connectivity index (χ1n) is 7.58. The maximum absolute atomic E-state index is 3.93. The van der Waals surface area contributed by atoms with Crippen molar-refractivity contribution in [2.45, 2.75) is 64.5 Å². The van der Waals surface area contributed by atoms with E-state index in [-0.39, 0.29) is 0 Å². The van der Waals surface area contributed by atoms with Crippen molar-refractivity contribution >= 4 is 0 Å². The predicted octanol–water partition coefficient (Wildman–Crippen LogP) is 4.15. The number of hydrogen-bond acceptors (Lipinski definition) is 1. The van der Waals surface area contributed by atoms with Crippen LogP contribution < -0.4 is 5.32 Å². The molecule has 1 nitrogen and oxygen atoms in total. The van der Waals surface area contributed by atoms with Crippen LogP contribution in [0.15, 0.2) is 18.2 Å². The lowest BCUT2D eigenvalue weighted by molar-refractivity contribution is 0.280. The van der Waals surface area contributed by atoms with Gasteiger partial charge in [-0.15, -0.1) is 0 Å². The highest BCUT2D eigenvalue weighted by Crippen LogP contribution is 2.34. The molecule has 3 unspecified atom stereocenters. The van der Waals surface area contributed by atoms with Gasteiger partial charge in [-0.2, -0.15) is 0 Å². The Kier molecular flexibility index (Phi) is 3.43. The summed E-state index contributed by atoms with van der Waals surface area (Å²) in [7, 11) is 0. The second-order valence-electron chi connectivity index (χ2n) is 6.43. The van der Waals surface area contributed by atoms with E-state index in [1.165, 1.54) is 44.1 Å². The Bertz CT molecular complexity index is 424. The van der Waals surface area contributed by atoms with Gasteiger partial charge in [0, 0.05) is 12.1 Å². The number of hydrogen-bond donors (Lipinski definition) is 1. The number of nitrogens with one attached hydrogen (secondary N) is 1. The third kappa shape index (κ3) is 2.47. The van der Waals surface area contributed by atoms with Crippen LogP contribution in [0.3, 0.4) is 0 Å². The maximum atomic E-state index is 3.93. The summed E-state index contributed by atoms with van der Waals surface area (Å²) in [5.41, 5.74) is 4.55. The molecule has 1 fully saturated rings. The van der Waals surface area contributed by atoms with Crippen LogP contribution in [-0.2, 0) is 6.42 Å². The average Bonchev–Trinajstić information content (AvgIpc) is 2.72. The van der Waals surface area contributed by atoms with Crippen molar-refractivity contribution in [2.24, 2.45) is 5.92 Å². The topological polar surface area (TPSA) is 12.0 Å². The third-order valence-corrected chi connectivity index (χ3v) is 4.75. The summed E-state index contributed by atoms with van der Waals surface area (Å²) in [6, 6.07) is 8.35. The van der Waals surface area contributed by atoms with E-state index in [1.54, 1.807) is 11.1 Å². The van der Waals surface area contributed by atoms with Gasteiger partial charge in [-0.05, 0) is 49.7 Å². The number of aryl methyl sites for hydroxylation is 2. The fourth-order valence-electron chi connectivity index (χ4n) is 3.76. The molecule has 0 radical (unpaired) electrons. The summed E-state index contributed by atoms with van der Waals surface area (Å²) >= 11 is 0. The minimum absolute atomic E-state index is 0.621. The van der Waals surface area contributed by atoms with E-state index in [1.807, 2.05) is 0 Å². The molecule has 0 amide bonds. The predicted molar refractivity (Wildman–Crippen MR) is 76.8 cm³/mol. The Morgan fingerprint density at radius 1 is 1.17 bits per heavy atom. The van der Waals surface area contributed by atoms with Crippen LogP contribution in [0.25, 0.3) is 0 Å². The highest BCUT2D eigenvalue weighted by atomic mass is 15.0. The van der Waals surface area contributed by atoms with E-state index < -0.39 is 0 Å². The number of fused-ring (bicyclic) bond motifs is 1. The first kappa shape index (κ1) is 12.2. The molecule has 0 aliphatic heterocycles. The van der Waals surface area contributed by atoms with Crippen molar-refractivity contribution in [3.05, 3.63) is 34.9 Å². The lowest BCUT2D eigenvalue weighted by atomic mass is 9.86. The fraction of sp³-hybridized carbons (Fsp3) is 0.647. The molecule has 0 bridgehead atoms. The normalized spacial score (nSPS) is 31.3. The van der Waals surface area contributed by atoms with Gasteiger partial charge >= 0.3 is 0 Å². The Labute approximate surface area is 111 Å². The van der Waals surface area contributed by atoms with E-state index in [0.29, 0.717) is 6.04 Å². The number of benzene rings is 1. The lowest BCUT2D eigenvalue weighted by Crippen LogP contribution is -2.35. The van der Waals surface area contributed by atoms with Crippen molar-refractivity contribution in [3.63, 3.8) is 0 Å². The van der Waals surface area contributed by atoms with Crippen LogP contribution in [0.5, 0.6) is 0 Å². The van der Waals surface area contributed by atoms with E-state index in [0.717, 1.165) is 12.0 Å². The highest BCUT2D eigenvalue weighted by Gasteiger charge is 2.26. The molecule has 3 rings (SSSR count). The molecular weight excluding hydrogens is 218 g/mol. The van der Waals surface area contributed by atoms with E-state index in [4.69, 9.17) is 0 Å². The summed E-state index contributed by atoms with van der Waals surface area (Å²) in [4.78, 5) is 0. The van der Waals surface area contributed by atoms with Crippen molar-refractivity contribution in [1.82, 2.24) is 5.32 Å². The monoisotopic (exact) mass is 243 g/mol. The van der Waals surface area contributed by atoms with E-state index in [2.05, 4.69) is 37.4 Å². The van der Waals surface area contributed by atoms with Gasteiger partial charge in [-0.1, -0.05) is 43.5 Å². The van der Waals surface area contributed by atoms with Crippen LogP contribution in [0.4, 0.5) is 0 Å². The number of rotatable bonds is 2. The van der Waals surface area contributed by atoms with Crippen LogP contribution in [0.1, 0.15) is 61.8 Å². The summed E-state index contributed by atoms with van der Waals surface area (Å²) < 4.78 is 0. The van der Waals surface area contributed by atoms with Crippen molar-refractivity contribution < 1.29 is 0 Å². The zero-order chi connectivity index (χ0) is 12.5. The molecule has 18 heavy (non-hydrogen) atoms. The van der Waals surface area contributed by atoms with Gasteiger partial charge in [0.15, 0.2) is 0 Å². The van der Waals surface area contributed by atoms with Gasteiger partial charge in [0.1, 0.15) is 0 Å². The standard InChI is InChI=1S/C17H25N/c1-12-4-3-5-15(10-12)18-17-9-8-14-7-6-13(2)11-16(14)17/h6-7,11-12,15,17-18H,3-5,8-10H2,1-2H3. The Morgan fingerprint density at radius 3 is 2.89 bits per heavy atom. The molecule has 0 saturated heterocycles. The van der Waals surface area contributed by atoms with E-state index >= 15 is 0 Å². The van der Waals surface area contributed by atoms with Gasteiger partial charge in [0.05, 0.1) is 0 Å². The van der Waals surface area contributed by atoms with Gasteiger partial charge in [-0.25, -0.2) is 0 Å². The molecule has 1 aromatic rings. The molecule has 2 aliphatic carbocycles. The zero-order valence-electron chi connectivity index (χ0n) is 11.7. The third-order valence-electron chi connectivity index (χ3n) is 4.75. The Balaban J connectivity index is 1.70. The van der Waals surface area contributed by atoms with E-state index in [9.17, 15) is 0 Å².